The molecule has 18 heavy (non-hydrogen) atoms. The number of carbonyl (C=O) groups is 1. The van der Waals surface area contributed by atoms with Gasteiger partial charge in [-0.2, -0.15) is 0 Å². The van der Waals surface area contributed by atoms with Gasteiger partial charge >= 0.3 is 0 Å². The highest BCUT2D eigenvalue weighted by atomic mass is 35.5. The van der Waals surface area contributed by atoms with Crippen LogP contribution in [0.4, 0.5) is 0 Å². The number of hydrogen-bond donors (Lipinski definition) is 0. The molecule has 1 aliphatic rings. The Kier molecular flexibility index (Phi) is 4.69. The van der Waals surface area contributed by atoms with Crippen molar-refractivity contribution in [1.82, 2.24) is 0 Å². The summed E-state index contributed by atoms with van der Waals surface area (Å²) >= 11 is 12.0. The van der Waals surface area contributed by atoms with Gasteiger partial charge in [0.15, 0.2) is 0 Å². The molecule has 3 heteroatoms. The van der Waals surface area contributed by atoms with E-state index in [0.717, 1.165) is 24.3 Å². The number of hydrogen-bond acceptors (Lipinski definition) is 1. The van der Waals surface area contributed by atoms with E-state index < -0.39 is 0 Å². The Bertz CT molecular complexity index is 442. The molecule has 0 aliphatic heterocycles. The molecule has 0 radical (unpaired) electrons. The molecule has 0 spiro atoms. The second kappa shape index (κ2) is 6.08. The molecule has 2 atom stereocenters. The molecule has 0 saturated heterocycles. The van der Waals surface area contributed by atoms with Crippen molar-refractivity contribution in [2.24, 2.45) is 11.8 Å². The number of rotatable bonds is 4. The molecular formula is C15H18Cl2O. The summed E-state index contributed by atoms with van der Waals surface area (Å²) in [5, 5.41) is 1.28. The Hall–Kier alpha value is -0.530. The van der Waals surface area contributed by atoms with Gasteiger partial charge in [-0.25, -0.2) is 0 Å². The van der Waals surface area contributed by atoms with Crippen LogP contribution in [0.3, 0.4) is 0 Å². The Morgan fingerprint density at radius 3 is 2.78 bits per heavy atom. The number of benzene rings is 1. The maximum atomic E-state index is 12.2. The van der Waals surface area contributed by atoms with Gasteiger partial charge in [0, 0.05) is 22.4 Å². The van der Waals surface area contributed by atoms with Crippen molar-refractivity contribution in [3.63, 3.8) is 0 Å². The molecule has 0 heterocycles. The molecule has 1 aromatic carbocycles. The molecule has 2 rings (SSSR count). The minimum absolute atomic E-state index is 0.227. The molecule has 0 aromatic heterocycles. The Morgan fingerprint density at radius 1 is 1.33 bits per heavy atom. The monoisotopic (exact) mass is 284 g/mol. The molecule has 1 nitrogen and oxygen atoms in total. The van der Waals surface area contributed by atoms with Crippen LogP contribution in [0, 0.1) is 11.8 Å². The average Bonchev–Trinajstić information content (AvgIpc) is 2.82. The zero-order valence-corrected chi connectivity index (χ0v) is 12.1. The topological polar surface area (TPSA) is 17.1 Å². The minimum atomic E-state index is 0.227. The summed E-state index contributed by atoms with van der Waals surface area (Å²) in [6, 6.07) is 5.31. The molecule has 1 fully saturated rings. The lowest BCUT2D eigenvalue weighted by molar-refractivity contribution is -0.122. The van der Waals surface area contributed by atoms with Crippen molar-refractivity contribution in [2.75, 3.05) is 0 Å². The smallest absolute Gasteiger partial charge is 0.140 e. The van der Waals surface area contributed by atoms with Crippen molar-refractivity contribution in [3.8, 4) is 0 Å². The van der Waals surface area contributed by atoms with E-state index in [0.29, 0.717) is 22.2 Å². The summed E-state index contributed by atoms with van der Waals surface area (Å²) in [6.45, 7) is 2.20. The van der Waals surface area contributed by atoms with Crippen LogP contribution in [0.25, 0.3) is 0 Å². The van der Waals surface area contributed by atoms with Crippen molar-refractivity contribution in [3.05, 3.63) is 33.8 Å². The van der Waals surface area contributed by atoms with E-state index in [2.05, 4.69) is 6.92 Å². The molecule has 1 saturated carbocycles. The first kappa shape index (κ1) is 13.9. The first-order valence-corrected chi connectivity index (χ1v) is 7.32. The third-order valence-electron chi connectivity index (χ3n) is 3.95. The lowest BCUT2D eigenvalue weighted by Gasteiger charge is -2.10. The first-order chi connectivity index (χ1) is 8.60. The van der Waals surface area contributed by atoms with Gasteiger partial charge in [-0.1, -0.05) is 36.5 Å². The van der Waals surface area contributed by atoms with E-state index in [1.165, 1.54) is 12.8 Å². The predicted molar refractivity (Wildman–Crippen MR) is 76.3 cm³/mol. The predicted octanol–water partition coefficient (Wildman–Crippen LogP) is 4.93. The van der Waals surface area contributed by atoms with E-state index in [-0.39, 0.29) is 5.92 Å². The fourth-order valence-corrected chi connectivity index (χ4v) is 3.13. The molecule has 2 unspecified atom stereocenters. The highest BCUT2D eigenvalue weighted by Crippen LogP contribution is 2.34. The van der Waals surface area contributed by atoms with Gasteiger partial charge in [-0.15, -0.1) is 0 Å². The Labute approximate surface area is 118 Å². The molecule has 0 amide bonds. The van der Waals surface area contributed by atoms with Gasteiger partial charge in [0.2, 0.25) is 0 Å². The highest BCUT2D eigenvalue weighted by molar-refractivity contribution is 6.33. The minimum Gasteiger partial charge on any atom is -0.299 e. The van der Waals surface area contributed by atoms with E-state index >= 15 is 0 Å². The van der Waals surface area contributed by atoms with E-state index in [4.69, 9.17) is 23.2 Å². The summed E-state index contributed by atoms with van der Waals surface area (Å²) in [7, 11) is 0. The van der Waals surface area contributed by atoms with E-state index in [9.17, 15) is 4.79 Å². The van der Waals surface area contributed by atoms with Gasteiger partial charge in [-0.3, -0.25) is 4.79 Å². The second-order valence-corrected chi connectivity index (χ2v) is 6.01. The second-order valence-electron chi connectivity index (χ2n) is 5.16. The van der Waals surface area contributed by atoms with Crippen LogP contribution in [0.5, 0.6) is 0 Å². The van der Waals surface area contributed by atoms with Crippen molar-refractivity contribution in [1.29, 1.82) is 0 Å². The van der Waals surface area contributed by atoms with Crippen molar-refractivity contribution < 1.29 is 4.79 Å². The van der Waals surface area contributed by atoms with Gasteiger partial charge in [-0.05, 0) is 48.9 Å². The summed E-state index contributed by atoms with van der Waals surface area (Å²) in [6.07, 6.45) is 4.88. The largest absolute Gasteiger partial charge is 0.299 e. The zero-order valence-electron chi connectivity index (χ0n) is 10.6. The molecule has 1 aliphatic carbocycles. The van der Waals surface area contributed by atoms with E-state index in [1.54, 1.807) is 18.2 Å². The molecular weight excluding hydrogens is 267 g/mol. The lowest BCUT2D eigenvalue weighted by Crippen LogP contribution is -2.14. The van der Waals surface area contributed by atoms with Gasteiger partial charge in [0.1, 0.15) is 5.78 Å². The number of halogens is 2. The fraction of sp³-hybridized carbons (Fsp3) is 0.533. The van der Waals surface area contributed by atoms with Crippen LogP contribution in [0.15, 0.2) is 18.2 Å². The third-order valence-corrected chi connectivity index (χ3v) is 4.55. The SMILES string of the molecule is CCC1CCC(C(=O)Cc2cc(Cl)ccc2Cl)C1. The van der Waals surface area contributed by atoms with Crippen LogP contribution in [0.2, 0.25) is 10.0 Å². The molecule has 98 valence electrons. The number of carbonyl (C=O) groups excluding carboxylic acids is 1. The average molecular weight is 285 g/mol. The quantitative estimate of drug-likeness (QED) is 0.766. The number of Topliss-reactive ketones (excluding diaryl/α,β-unsaturated/α-hetero) is 1. The van der Waals surface area contributed by atoms with Crippen molar-refractivity contribution >= 4 is 29.0 Å². The van der Waals surface area contributed by atoms with Crippen LogP contribution >= 0.6 is 23.2 Å². The van der Waals surface area contributed by atoms with Crippen LogP contribution < -0.4 is 0 Å². The maximum absolute atomic E-state index is 12.2. The normalized spacial score (nSPS) is 23.3. The summed E-state index contributed by atoms with van der Waals surface area (Å²) < 4.78 is 0. The third kappa shape index (κ3) is 3.27. The summed E-state index contributed by atoms with van der Waals surface area (Å²) in [5.74, 6) is 1.27. The van der Waals surface area contributed by atoms with Crippen LogP contribution in [-0.4, -0.2) is 5.78 Å². The Morgan fingerprint density at radius 2 is 2.11 bits per heavy atom. The molecule has 0 N–H and O–H groups in total. The summed E-state index contributed by atoms with van der Waals surface area (Å²) in [5.41, 5.74) is 0.856. The summed E-state index contributed by atoms with van der Waals surface area (Å²) in [4.78, 5) is 12.2. The number of ketones is 1. The lowest BCUT2D eigenvalue weighted by atomic mass is 9.95. The maximum Gasteiger partial charge on any atom is 0.140 e. The molecule has 1 aromatic rings. The zero-order chi connectivity index (χ0) is 13.1. The fourth-order valence-electron chi connectivity index (χ4n) is 2.75. The van der Waals surface area contributed by atoms with Crippen LogP contribution in [-0.2, 0) is 11.2 Å². The highest BCUT2D eigenvalue weighted by Gasteiger charge is 2.28. The van der Waals surface area contributed by atoms with E-state index in [1.807, 2.05) is 0 Å². The molecule has 0 bridgehead atoms. The van der Waals surface area contributed by atoms with Crippen LogP contribution in [0.1, 0.15) is 38.2 Å². The van der Waals surface area contributed by atoms with Crippen molar-refractivity contribution in [2.45, 2.75) is 39.0 Å². The van der Waals surface area contributed by atoms with Gasteiger partial charge in [0.25, 0.3) is 0 Å². The first-order valence-electron chi connectivity index (χ1n) is 6.56. The van der Waals surface area contributed by atoms with Gasteiger partial charge in [0.05, 0.1) is 0 Å². The Balaban J connectivity index is 2.01. The standard InChI is InChI=1S/C15H18Cl2O/c1-2-10-3-4-11(7-10)15(18)9-12-8-13(16)5-6-14(12)17/h5-6,8,10-11H,2-4,7,9H2,1H3. The van der Waals surface area contributed by atoms with Gasteiger partial charge < -0.3 is 0 Å².